The molecule has 5 nitrogen and oxygen atoms in total. The minimum absolute atomic E-state index is 0.124. The van der Waals surface area contributed by atoms with Gasteiger partial charge in [-0.25, -0.2) is 4.98 Å². The molecule has 1 N–H and O–H groups in total. The van der Waals surface area contributed by atoms with Crippen molar-refractivity contribution in [1.29, 1.82) is 0 Å². The molecule has 0 radical (unpaired) electrons. The van der Waals surface area contributed by atoms with Crippen molar-refractivity contribution in [3.05, 3.63) is 41.8 Å². The van der Waals surface area contributed by atoms with Crippen LogP contribution in [0.3, 0.4) is 0 Å². The minimum atomic E-state index is -0.929. The number of rotatable bonds is 5. The lowest BCUT2D eigenvalue weighted by atomic mass is 10.1. The molecular formula is C17H22N2O3. The van der Waals surface area contributed by atoms with Gasteiger partial charge in [-0.15, -0.1) is 0 Å². The van der Waals surface area contributed by atoms with Gasteiger partial charge in [0.15, 0.2) is 5.76 Å². The first kappa shape index (κ1) is 16.2. The third-order valence-electron chi connectivity index (χ3n) is 3.34. The Balaban J connectivity index is 2.26. The summed E-state index contributed by atoms with van der Waals surface area (Å²) < 4.78 is 5.32. The van der Waals surface area contributed by atoms with E-state index in [9.17, 15) is 9.90 Å². The summed E-state index contributed by atoms with van der Waals surface area (Å²) in [4.78, 5) is 18.7. The molecule has 0 aliphatic heterocycles. The van der Waals surface area contributed by atoms with Crippen molar-refractivity contribution >= 4 is 5.91 Å². The number of carbonyl (C=O) groups is 1. The Morgan fingerprint density at radius 3 is 2.59 bits per heavy atom. The molecule has 0 spiro atoms. The second kappa shape index (κ2) is 6.32. The fraction of sp³-hybridized carbons (Fsp3) is 0.412. The molecule has 22 heavy (non-hydrogen) atoms. The number of aliphatic hydroxyl groups is 1. The highest BCUT2D eigenvalue weighted by Crippen LogP contribution is 2.20. The standard InChI is InChI=1S/C17H22N2O3/c1-5-19(11-17(3,4)21)16(20)13-8-9-14(18-12(13)2)15-7-6-10-22-15/h6-10,21H,5,11H2,1-4H3. The molecule has 0 aliphatic rings. The van der Waals surface area contributed by atoms with Crippen LogP contribution in [0.1, 0.15) is 36.8 Å². The van der Waals surface area contributed by atoms with Gasteiger partial charge in [-0.05, 0) is 52.0 Å². The third kappa shape index (κ3) is 3.74. The maximum atomic E-state index is 12.6. The zero-order chi connectivity index (χ0) is 16.3. The highest BCUT2D eigenvalue weighted by atomic mass is 16.3. The Hall–Kier alpha value is -2.14. The van der Waals surface area contributed by atoms with Gasteiger partial charge in [-0.1, -0.05) is 0 Å². The number of aromatic nitrogens is 1. The Kier molecular flexibility index (Phi) is 4.66. The monoisotopic (exact) mass is 302 g/mol. The lowest BCUT2D eigenvalue weighted by Crippen LogP contribution is -2.42. The molecule has 0 saturated heterocycles. The van der Waals surface area contributed by atoms with Crippen LogP contribution in [0, 0.1) is 6.92 Å². The molecule has 0 fully saturated rings. The second-order valence-corrected chi connectivity index (χ2v) is 5.94. The van der Waals surface area contributed by atoms with Gasteiger partial charge in [-0.2, -0.15) is 0 Å². The van der Waals surface area contributed by atoms with Gasteiger partial charge in [0.05, 0.1) is 23.1 Å². The molecule has 0 bridgehead atoms. The van der Waals surface area contributed by atoms with Gasteiger partial charge in [-0.3, -0.25) is 4.79 Å². The van der Waals surface area contributed by atoms with Crippen molar-refractivity contribution in [3.8, 4) is 11.5 Å². The summed E-state index contributed by atoms with van der Waals surface area (Å²) in [5.74, 6) is 0.548. The van der Waals surface area contributed by atoms with E-state index in [1.54, 1.807) is 50.1 Å². The average molecular weight is 302 g/mol. The number of furan rings is 1. The summed E-state index contributed by atoms with van der Waals surface area (Å²) in [5.41, 5.74) is 0.959. The third-order valence-corrected chi connectivity index (χ3v) is 3.34. The van der Waals surface area contributed by atoms with E-state index in [0.29, 0.717) is 29.3 Å². The zero-order valence-electron chi connectivity index (χ0n) is 13.5. The van der Waals surface area contributed by atoms with Crippen LogP contribution in [0.5, 0.6) is 0 Å². The van der Waals surface area contributed by atoms with Gasteiger partial charge in [0.25, 0.3) is 5.91 Å². The summed E-state index contributed by atoms with van der Waals surface area (Å²) in [6.07, 6.45) is 1.59. The number of nitrogens with zero attached hydrogens (tertiary/aromatic N) is 2. The fourth-order valence-electron chi connectivity index (χ4n) is 2.31. The topological polar surface area (TPSA) is 66.6 Å². The molecule has 0 unspecified atom stereocenters. The number of likely N-dealkylation sites (N-methyl/N-ethyl adjacent to an activating group) is 1. The summed E-state index contributed by atoms with van der Waals surface area (Å²) in [7, 11) is 0. The number of hydrogen-bond donors (Lipinski definition) is 1. The van der Waals surface area contributed by atoms with Crippen LogP contribution >= 0.6 is 0 Å². The number of hydrogen-bond acceptors (Lipinski definition) is 4. The van der Waals surface area contributed by atoms with E-state index in [4.69, 9.17) is 4.42 Å². The predicted molar refractivity (Wildman–Crippen MR) is 84.6 cm³/mol. The van der Waals surface area contributed by atoms with Crippen molar-refractivity contribution in [2.75, 3.05) is 13.1 Å². The number of aryl methyl sites for hydroxylation is 1. The number of pyridine rings is 1. The normalized spacial score (nSPS) is 11.5. The Labute approximate surface area is 130 Å². The lowest BCUT2D eigenvalue weighted by Gasteiger charge is -2.28. The molecule has 0 aromatic carbocycles. The Bertz CT molecular complexity index is 642. The van der Waals surface area contributed by atoms with Crippen LogP contribution < -0.4 is 0 Å². The van der Waals surface area contributed by atoms with Gasteiger partial charge in [0.1, 0.15) is 5.69 Å². The van der Waals surface area contributed by atoms with E-state index in [1.807, 2.05) is 13.0 Å². The maximum absolute atomic E-state index is 12.6. The Morgan fingerprint density at radius 1 is 1.36 bits per heavy atom. The van der Waals surface area contributed by atoms with Gasteiger partial charge < -0.3 is 14.4 Å². The minimum Gasteiger partial charge on any atom is -0.463 e. The molecule has 1 amide bonds. The van der Waals surface area contributed by atoms with Crippen LogP contribution in [0.25, 0.3) is 11.5 Å². The number of amides is 1. The molecule has 0 aliphatic carbocycles. The van der Waals surface area contributed by atoms with Crippen molar-refractivity contribution in [2.45, 2.75) is 33.3 Å². The maximum Gasteiger partial charge on any atom is 0.255 e. The molecule has 2 aromatic rings. The smallest absolute Gasteiger partial charge is 0.255 e. The van der Waals surface area contributed by atoms with Crippen LogP contribution in [0.2, 0.25) is 0 Å². The SMILES string of the molecule is CCN(CC(C)(C)O)C(=O)c1ccc(-c2ccco2)nc1C. The predicted octanol–water partition coefficient (Wildman–Crippen LogP) is 2.88. The first-order valence-corrected chi connectivity index (χ1v) is 7.35. The van der Waals surface area contributed by atoms with Crippen molar-refractivity contribution < 1.29 is 14.3 Å². The van der Waals surface area contributed by atoms with Gasteiger partial charge in [0.2, 0.25) is 0 Å². The van der Waals surface area contributed by atoms with E-state index >= 15 is 0 Å². The first-order valence-electron chi connectivity index (χ1n) is 7.35. The molecule has 2 rings (SSSR count). The van der Waals surface area contributed by atoms with Gasteiger partial charge >= 0.3 is 0 Å². The molecular weight excluding hydrogens is 280 g/mol. The summed E-state index contributed by atoms with van der Waals surface area (Å²) in [6, 6.07) is 7.16. The molecule has 0 saturated carbocycles. The summed E-state index contributed by atoms with van der Waals surface area (Å²) in [5, 5.41) is 9.93. The largest absolute Gasteiger partial charge is 0.463 e. The van der Waals surface area contributed by atoms with Crippen LogP contribution in [-0.2, 0) is 0 Å². The summed E-state index contributed by atoms with van der Waals surface area (Å²) >= 11 is 0. The molecule has 2 aromatic heterocycles. The zero-order valence-corrected chi connectivity index (χ0v) is 13.5. The molecule has 2 heterocycles. The summed E-state index contributed by atoms with van der Waals surface area (Å²) in [6.45, 7) is 7.88. The van der Waals surface area contributed by atoms with Gasteiger partial charge in [0, 0.05) is 13.1 Å². The second-order valence-electron chi connectivity index (χ2n) is 5.94. The highest BCUT2D eigenvalue weighted by Gasteiger charge is 2.23. The lowest BCUT2D eigenvalue weighted by molar-refractivity contribution is 0.0314. The fourth-order valence-corrected chi connectivity index (χ4v) is 2.31. The quantitative estimate of drug-likeness (QED) is 0.922. The first-order chi connectivity index (χ1) is 10.3. The van der Waals surface area contributed by atoms with E-state index < -0.39 is 5.60 Å². The van der Waals surface area contributed by atoms with Crippen molar-refractivity contribution in [3.63, 3.8) is 0 Å². The van der Waals surface area contributed by atoms with E-state index in [2.05, 4.69) is 4.98 Å². The van der Waals surface area contributed by atoms with Crippen molar-refractivity contribution in [2.24, 2.45) is 0 Å². The molecule has 118 valence electrons. The van der Waals surface area contributed by atoms with E-state index in [-0.39, 0.29) is 12.5 Å². The molecule has 0 atom stereocenters. The Morgan fingerprint density at radius 2 is 2.09 bits per heavy atom. The highest BCUT2D eigenvalue weighted by molar-refractivity contribution is 5.95. The molecule has 5 heteroatoms. The van der Waals surface area contributed by atoms with Crippen LogP contribution in [0.4, 0.5) is 0 Å². The van der Waals surface area contributed by atoms with Crippen molar-refractivity contribution in [1.82, 2.24) is 9.88 Å². The van der Waals surface area contributed by atoms with Crippen LogP contribution in [0.15, 0.2) is 34.9 Å². The van der Waals surface area contributed by atoms with E-state index in [0.717, 1.165) is 0 Å². The van der Waals surface area contributed by atoms with E-state index in [1.165, 1.54) is 0 Å². The van der Waals surface area contributed by atoms with Crippen LogP contribution in [-0.4, -0.2) is 39.6 Å². The average Bonchev–Trinajstić information content (AvgIpc) is 2.97. The number of carbonyl (C=O) groups excluding carboxylic acids is 1.